The Hall–Kier alpha value is -3.10. The van der Waals surface area contributed by atoms with E-state index in [1.807, 2.05) is 0 Å². The molecule has 0 heterocycles. The van der Waals surface area contributed by atoms with Crippen LogP contribution >= 0.6 is 0 Å². The second kappa shape index (κ2) is 10.6. The van der Waals surface area contributed by atoms with Gasteiger partial charge in [-0.1, -0.05) is 0 Å². The highest BCUT2D eigenvalue weighted by molar-refractivity contribution is 5.93. The predicted octanol–water partition coefficient (Wildman–Crippen LogP) is 0.121. The third kappa shape index (κ3) is 9.59. The molecule has 136 valence electrons. The minimum absolute atomic E-state index is 0.0171. The Morgan fingerprint density at radius 3 is 2.16 bits per heavy atom. The summed E-state index contributed by atoms with van der Waals surface area (Å²) in [5.74, 6) is -1.48. The molecule has 0 fully saturated rings. The number of carbonyl (C=O) groups is 4. The van der Waals surface area contributed by atoms with Crippen LogP contribution in [0.2, 0.25) is 0 Å². The lowest BCUT2D eigenvalue weighted by Crippen LogP contribution is -2.33. The molecule has 0 atom stereocenters. The second-order valence-corrected chi connectivity index (χ2v) is 5.09. The summed E-state index contributed by atoms with van der Waals surface area (Å²) >= 11 is 0. The molecule has 0 unspecified atom stereocenters. The number of aliphatic carboxylic acids is 1. The van der Waals surface area contributed by atoms with E-state index in [0.29, 0.717) is 24.5 Å². The quantitative estimate of drug-likeness (QED) is 0.443. The molecule has 3 amide bonds. The van der Waals surface area contributed by atoms with Crippen LogP contribution in [0.15, 0.2) is 24.3 Å². The van der Waals surface area contributed by atoms with Gasteiger partial charge in [0.15, 0.2) is 6.61 Å². The highest BCUT2D eigenvalue weighted by Gasteiger charge is 2.07. The van der Waals surface area contributed by atoms with Crippen LogP contribution in [0.4, 0.5) is 5.69 Å². The summed E-state index contributed by atoms with van der Waals surface area (Å²) in [6.45, 7) is 1.58. The first kappa shape index (κ1) is 19.9. The molecule has 9 heteroatoms. The van der Waals surface area contributed by atoms with Gasteiger partial charge >= 0.3 is 5.97 Å². The summed E-state index contributed by atoms with van der Waals surface area (Å²) in [6, 6.07) is 6.21. The zero-order valence-electron chi connectivity index (χ0n) is 13.8. The Bertz CT molecular complexity index is 615. The van der Waals surface area contributed by atoms with Crippen molar-refractivity contribution in [3.8, 4) is 5.75 Å². The maximum atomic E-state index is 11.8. The molecule has 25 heavy (non-hydrogen) atoms. The first-order valence-electron chi connectivity index (χ1n) is 7.62. The van der Waals surface area contributed by atoms with Gasteiger partial charge in [0, 0.05) is 38.5 Å². The summed E-state index contributed by atoms with van der Waals surface area (Å²) < 4.78 is 4.98. The lowest BCUT2D eigenvalue weighted by atomic mass is 10.2. The molecule has 0 aliphatic rings. The number of anilines is 1. The van der Waals surface area contributed by atoms with Gasteiger partial charge in [-0.2, -0.15) is 0 Å². The largest absolute Gasteiger partial charge is 0.482 e. The Labute approximate surface area is 144 Å². The van der Waals surface area contributed by atoms with Crippen molar-refractivity contribution < 1.29 is 29.0 Å². The Morgan fingerprint density at radius 1 is 0.960 bits per heavy atom. The van der Waals surface area contributed by atoms with E-state index in [-0.39, 0.29) is 30.6 Å². The number of ether oxygens (including phenoxy) is 1. The van der Waals surface area contributed by atoms with Gasteiger partial charge in [0.05, 0.1) is 0 Å². The summed E-state index contributed by atoms with van der Waals surface area (Å²) in [4.78, 5) is 44.4. The fourth-order valence-corrected chi connectivity index (χ4v) is 1.76. The van der Waals surface area contributed by atoms with Crippen molar-refractivity contribution in [1.82, 2.24) is 10.6 Å². The van der Waals surface area contributed by atoms with Crippen molar-refractivity contribution in [1.29, 1.82) is 0 Å². The molecule has 0 aliphatic carbocycles. The van der Waals surface area contributed by atoms with E-state index in [4.69, 9.17) is 9.84 Å². The third-order valence-electron chi connectivity index (χ3n) is 2.90. The molecule has 9 nitrogen and oxygen atoms in total. The molecule has 0 aliphatic heterocycles. The number of hydrogen-bond donors (Lipinski definition) is 4. The SMILES string of the molecule is CC(=O)NCCNC(=O)CCC(=O)Nc1ccc(OCC(=O)O)cc1. The Morgan fingerprint density at radius 2 is 1.56 bits per heavy atom. The Kier molecular flexibility index (Phi) is 8.48. The zero-order chi connectivity index (χ0) is 18.7. The van der Waals surface area contributed by atoms with Gasteiger partial charge in [-0.25, -0.2) is 4.79 Å². The minimum atomic E-state index is -1.08. The minimum Gasteiger partial charge on any atom is -0.482 e. The number of carboxylic acid groups (broad SMARTS) is 1. The molecule has 0 saturated heterocycles. The number of carboxylic acids is 1. The van der Waals surface area contributed by atoms with Gasteiger partial charge < -0.3 is 25.8 Å². The van der Waals surface area contributed by atoms with E-state index in [1.165, 1.54) is 19.1 Å². The first-order valence-corrected chi connectivity index (χ1v) is 7.62. The predicted molar refractivity (Wildman–Crippen MR) is 89.1 cm³/mol. The van der Waals surface area contributed by atoms with Crippen molar-refractivity contribution in [2.45, 2.75) is 19.8 Å². The highest BCUT2D eigenvalue weighted by Crippen LogP contribution is 2.15. The van der Waals surface area contributed by atoms with Crippen LogP contribution < -0.4 is 20.7 Å². The zero-order valence-corrected chi connectivity index (χ0v) is 13.8. The first-order chi connectivity index (χ1) is 11.9. The van der Waals surface area contributed by atoms with E-state index in [2.05, 4.69) is 16.0 Å². The van der Waals surface area contributed by atoms with Crippen LogP contribution in [0.3, 0.4) is 0 Å². The number of amides is 3. The fraction of sp³-hybridized carbons (Fsp3) is 0.375. The maximum absolute atomic E-state index is 11.8. The van der Waals surface area contributed by atoms with E-state index < -0.39 is 12.6 Å². The fourth-order valence-electron chi connectivity index (χ4n) is 1.76. The average Bonchev–Trinajstić information content (AvgIpc) is 2.56. The van der Waals surface area contributed by atoms with Crippen LogP contribution in [0.1, 0.15) is 19.8 Å². The molecule has 1 aromatic carbocycles. The standard InChI is InChI=1S/C16H21N3O6/c1-11(20)17-8-9-18-14(21)6-7-15(22)19-12-2-4-13(5-3-12)25-10-16(23)24/h2-5H,6-10H2,1H3,(H,17,20)(H,18,21)(H,19,22)(H,23,24). The lowest BCUT2D eigenvalue weighted by Gasteiger charge is -2.08. The lowest BCUT2D eigenvalue weighted by molar-refractivity contribution is -0.139. The van der Waals surface area contributed by atoms with Gasteiger partial charge in [-0.05, 0) is 24.3 Å². The molecule has 4 N–H and O–H groups in total. The molecule has 0 radical (unpaired) electrons. The number of hydrogen-bond acceptors (Lipinski definition) is 5. The molecule has 0 bridgehead atoms. The molecular formula is C16H21N3O6. The van der Waals surface area contributed by atoms with Crippen molar-refractivity contribution in [3.05, 3.63) is 24.3 Å². The Balaban J connectivity index is 2.26. The van der Waals surface area contributed by atoms with E-state index in [0.717, 1.165) is 0 Å². The summed E-state index contributed by atoms with van der Waals surface area (Å²) in [5, 5.41) is 16.3. The van der Waals surface area contributed by atoms with E-state index in [9.17, 15) is 19.2 Å². The highest BCUT2D eigenvalue weighted by atomic mass is 16.5. The van der Waals surface area contributed by atoms with Crippen LogP contribution in [0, 0.1) is 0 Å². The summed E-state index contributed by atoms with van der Waals surface area (Å²) in [5.41, 5.74) is 0.513. The summed E-state index contributed by atoms with van der Waals surface area (Å²) in [7, 11) is 0. The molecular weight excluding hydrogens is 330 g/mol. The van der Waals surface area contributed by atoms with Crippen LogP contribution in [0.5, 0.6) is 5.75 Å². The average molecular weight is 351 g/mol. The second-order valence-electron chi connectivity index (χ2n) is 5.09. The normalized spacial score (nSPS) is 9.80. The van der Waals surface area contributed by atoms with Gasteiger partial charge in [-0.15, -0.1) is 0 Å². The van der Waals surface area contributed by atoms with E-state index >= 15 is 0 Å². The number of rotatable bonds is 10. The van der Waals surface area contributed by atoms with Crippen molar-refractivity contribution in [3.63, 3.8) is 0 Å². The van der Waals surface area contributed by atoms with Gasteiger partial charge in [0.1, 0.15) is 5.75 Å². The molecule has 0 spiro atoms. The molecule has 0 aromatic heterocycles. The number of nitrogens with one attached hydrogen (secondary N) is 3. The van der Waals surface area contributed by atoms with E-state index in [1.54, 1.807) is 12.1 Å². The maximum Gasteiger partial charge on any atom is 0.341 e. The van der Waals surface area contributed by atoms with Gasteiger partial charge in [-0.3, -0.25) is 14.4 Å². The van der Waals surface area contributed by atoms with Crippen LogP contribution in [0.25, 0.3) is 0 Å². The number of benzene rings is 1. The van der Waals surface area contributed by atoms with Crippen LogP contribution in [-0.4, -0.2) is 48.5 Å². The van der Waals surface area contributed by atoms with Crippen molar-refractivity contribution >= 4 is 29.4 Å². The van der Waals surface area contributed by atoms with Crippen molar-refractivity contribution in [2.24, 2.45) is 0 Å². The smallest absolute Gasteiger partial charge is 0.341 e. The third-order valence-corrected chi connectivity index (χ3v) is 2.90. The number of carbonyl (C=O) groups excluding carboxylic acids is 3. The molecule has 1 rings (SSSR count). The monoisotopic (exact) mass is 351 g/mol. The summed E-state index contributed by atoms with van der Waals surface area (Å²) in [6.07, 6.45) is 0.0505. The molecule has 0 saturated carbocycles. The van der Waals surface area contributed by atoms with Crippen molar-refractivity contribution in [2.75, 3.05) is 25.0 Å². The van der Waals surface area contributed by atoms with Gasteiger partial charge in [0.2, 0.25) is 17.7 Å². The van der Waals surface area contributed by atoms with Crippen LogP contribution in [-0.2, 0) is 19.2 Å². The molecule has 1 aromatic rings. The van der Waals surface area contributed by atoms with Gasteiger partial charge in [0.25, 0.3) is 0 Å². The topological polar surface area (TPSA) is 134 Å².